The van der Waals surface area contributed by atoms with Crippen LogP contribution in [0.2, 0.25) is 0 Å². The van der Waals surface area contributed by atoms with Crippen LogP contribution in [0.3, 0.4) is 0 Å². The van der Waals surface area contributed by atoms with E-state index in [4.69, 9.17) is 5.11 Å². The molecule has 0 spiro atoms. The molecule has 2 heteroatoms. The summed E-state index contributed by atoms with van der Waals surface area (Å²) in [5.74, 6) is 0. The lowest BCUT2D eigenvalue weighted by Crippen LogP contribution is -1.98. The second-order valence-electron chi connectivity index (χ2n) is 3.88. The summed E-state index contributed by atoms with van der Waals surface area (Å²) in [5.41, 5.74) is 2.18. The van der Waals surface area contributed by atoms with Gasteiger partial charge in [-0.1, -0.05) is 37.6 Å². The van der Waals surface area contributed by atoms with Crippen molar-refractivity contribution in [1.82, 2.24) is 0 Å². The van der Waals surface area contributed by atoms with Gasteiger partial charge in [-0.15, -0.1) is 0 Å². The van der Waals surface area contributed by atoms with Crippen LogP contribution in [0.15, 0.2) is 24.3 Å². The molecule has 0 aliphatic rings. The van der Waals surface area contributed by atoms with Crippen molar-refractivity contribution in [2.45, 2.75) is 38.7 Å². The lowest BCUT2D eigenvalue weighted by molar-refractivity contribution is 0.166. The maximum absolute atomic E-state index is 9.82. The van der Waals surface area contributed by atoms with Crippen molar-refractivity contribution in [2.75, 3.05) is 6.61 Å². The summed E-state index contributed by atoms with van der Waals surface area (Å²) in [4.78, 5) is 0. The molecule has 2 N–H and O–H groups in total. The van der Waals surface area contributed by atoms with Crippen LogP contribution in [0.4, 0.5) is 0 Å². The van der Waals surface area contributed by atoms with Gasteiger partial charge in [-0.25, -0.2) is 0 Å². The first-order valence-electron chi connectivity index (χ1n) is 5.65. The zero-order chi connectivity index (χ0) is 11.1. The van der Waals surface area contributed by atoms with Gasteiger partial charge < -0.3 is 10.2 Å². The fourth-order valence-electron chi connectivity index (χ4n) is 1.68. The fourth-order valence-corrected chi connectivity index (χ4v) is 1.68. The van der Waals surface area contributed by atoms with Crippen molar-refractivity contribution in [3.05, 3.63) is 35.4 Å². The van der Waals surface area contributed by atoms with Crippen LogP contribution in [0.1, 0.15) is 43.4 Å². The third-order valence-electron chi connectivity index (χ3n) is 2.52. The van der Waals surface area contributed by atoms with Crippen LogP contribution < -0.4 is 0 Å². The molecule has 1 aromatic rings. The molecule has 15 heavy (non-hydrogen) atoms. The molecule has 1 rings (SSSR count). The topological polar surface area (TPSA) is 40.5 Å². The van der Waals surface area contributed by atoms with E-state index in [-0.39, 0.29) is 12.7 Å². The summed E-state index contributed by atoms with van der Waals surface area (Å²) in [5, 5.41) is 18.6. The van der Waals surface area contributed by atoms with Crippen molar-refractivity contribution in [3.63, 3.8) is 0 Å². The molecule has 0 bridgehead atoms. The van der Waals surface area contributed by atoms with E-state index in [1.807, 2.05) is 24.3 Å². The third-order valence-corrected chi connectivity index (χ3v) is 2.52. The van der Waals surface area contributed by atoms with Gasteiger partial charge in [-0.2, -0.15) is 0 Å². The first kappa shape index (κ1) is 12.2. The van der Waals surface area contributed by atoms with E-state index >= 15 is 0 Å². The average molecular weight is 208 g/mol. The number of aryl methyl sites for hydroxylation is 1. The molecule has 84 valence electrons. The number of aliphatic hydroxyl groups is 2. The molecule has 0 aliphatic heterocycles. The largest absolute Gasteiger partial charge is 0.396 e. The Balaban J connectivity index is 2.64. The van der Waals surface area contributed by atoms with Crippen molar-refractivity contribution in [2.24, 2.45) is 0 Å². The van der Waals surface area contributed by atoms with E-state index in [1.54, 1.807) is 0 Å². The van der Waals surface area contributed by atoms with E-state index < -0.39 is 0 Å². The monoisotopic (exact) mass is 208 g/mol. The Morgan fingerprint density at radius 3 is 2.80 bits per heavy atom. The van der Waals surface area contributed by atoms with Gasteiger partial charge in [0.25, 0.3) is 0 Å². The molecule has 0 saturated carbocycles. The first-order chi connectivity index (χ1) is 7.27. The summed E-state index contributed by atoms with van der Waals surface area (Å²) < 4.78 is 0. The Hall–Kier alpha value is -0.860. The Bertz CT molecular complexity index is 284. The fraction of sp³-hybridized carbons (Fsp3) is 0.538. The summed E-state index contributed by atoms with van der Waals surface area (Å²) in [6.45, 7) is 2.29. The predicted molar refractivity (Wildman–Crippen MR) is 61.7 cm³/mol. The molecule has 1 atom stereocenters. The quantitative estimate of drug-likeness (QED) is 0.754. The van der Waals surface area contributed by atoms with Gasteiger partial charge in [0.05, 0.1) is 6.10 Å². The van der Waals surface area contributed by atoms with Crippen LogP contribution >= 0.6 is 0 Å². The molecule has 0 aromatic heterocycles. The van der Waals surface area contributed by atoms with Crippen LogP contribution in [0.5, 0.6) is 0 Å². The zero-order valence-electron chi connectivity index (χ0n) is 9.32. The number of hydrogen-bond acceptors (Lipinski definition) is 2. The maximum atomic E-state index is 9.82. The van der Waals surface area contributed by atoms with Crippen molar-refractivity contribution < 1.29 is 10.2 Å². The third kappa shape index (κ3) is 4.02. The molecule has 0 radical (unpaired) electrons. The summed E-state index contributed by atoms with van der Waals surface area (Å²) in [6.07, 6.45) is 3.12. The van der Waals surface area contributed by atoms with Crippen molar-refractivity contribution in [1.29, 1.82) is 0 Å². The number of hydrogen-bond donors (Lipinski definition) is 2. The highest BCUT2D eigenvalue weighted by Gasteiger charge is 2.06. The molecule has 0 heterocycles. The minimum absolute atomic E-state index is 0.224. The van der Waals surface area contributed by atoms with Gasteiger partial charge in [0.15, 0.2) is 0 Å². The standard InChI is InChI=1S/C13H20O2/c1-2-5-13(15)12-8-3-6-11(10-12)7-4-9-14/h3,6,8,10,13-15H,2,4-5,7,9H2,1H3. The summed E-state index contributed by atoms with van der Waals surface area (Å²) >= 11 is 0. The van der Waals surface area contributed by atoms with Crippen LogP contribution in [0.25, 0.3) is 0 Å². The van der Waals surface area contributed by atoms with Gasteiger partial charge in [0, 0.05) is 6.61 Å². The van der Waals surface area contributed by atoms with E-state index in [2.05, 4.69) is 6.92 Å². The van der Waals surface area contributed by atoms with Crippen molar-refractivity contribution in [3.8, 4) is 0 Å². The van der Waals surface area contributed by atoms with Gasteiger partial charge in [-0.3, -0.25) is 0 Å². The summed E-state index contributed by atoms with van der Waals surface area (Å²) in [7, 11) is 0. The maximum Gasteiger partial charge on any atom is 0.0790 e. The average Bonchev–Trinajstić information content (AvgIpc) is 2.27. The number of rotatable bonds is 6. The smallest absolute Gasteiger partial charge is 0.0790 e. The Labute approximate surface area is 91.6 Å². The minimum atomic E-state index is -0.343. The predicted octanol–water partition coefficient (Wildman–Crippen LogP) is 2.45. The molecule has 0 amide bonds. The normalized spacial score (nSPS) is 12.7. The second kappa shape index (κ2) is 6.59. The molecular formula is C13H20O2. The van der Waals surface area contributed by atoms with Gasteiger partial charge >= 0.3 is 0 Å². The second-order valence-corrected chi connectivity index (χ2v) is 3.88. The highest BCUT2D eigenvalue weighted by Crippen LogP contribution is 2.19. The molecule has 1 unspecified atom stereocenters. The highest BCUT2D eigenvalue weighted by atomic mass is 16.3. The lowest BCUT2D eigenvalue weighted by atomic mass is 10.0. The van der Waals surface area contributed by atoms with Crippen LogP contribution in [0, 0.1) is 0 Å². The molecule has 0 fully saturated rings. The zero-order valence-corrected chi connectivity index (χ0v) is 9.32. The van der Waals surface area contributed by atoms with E-state index in [0.717, 1.165) is 31.2 Å². The highest BCUT2D eigenvalue weighted by molar-refractivity contribution is 5.25. The summed E-state index contributed by atoms with van der Waals surface area (Å²) in [6, 6.07) is 8.01. The van der Waals surface area contributed by atoms with Crippen LogP contribution in [-0.2, 0) is 6.42 Å². The Kier molecular flexibility index (Phi) is 5.37. The lowest BCUT2D eigenvalue weighted by Gasteiger charge is -2.11. The SMILES string of the molecule is CCCC(O)c1cccc(CCCO)c1. The van der Waals surface area contributed by atoms with Gasteiger partial charge in [0.1, 0.15) is 0 Å². The Morgan fingerprint density at radius 2 is 2.13 bits per heavy atom. The van der Waals surface area contributed by atoms with E-state index in [9.17, 15) is 5.11 Å². The molecule has 0 aliphatic carbocycles. The van der Waals surface area contributed by atoms with Gasteiger partial charge in [0.2, 0.25) is 0 Å². The number of benzene rings is 1. The van der Waals surface area contributed by atoms with Crippen molar-refractivity contribution >= 4 is 0 Å². The van der Waals surface area contributed by atoms with E-state index in [0.29, 0.717) is 0 Å². The first-order valence-corrected chi connectivity index (χ1v) is 5.65. The Morgan fingerprint density at radius 1 is 1.33 bits per heavy atom. The minimum Gasteiger partial charge on any atom is -0.396 e. The number of aliphatic hydroxyl groups excluding tert-OH is 2. The van der Waals surface area contributed by atoms with Gasteiger partial charge in [-0.05, 0) is 30.4 Å². The van der Waals surface area contributed by atoms with Crippen LogP contribution in [-0.4, -0.2) is 16.8 Å². The van der Waals surface area contributed by atoms with E-state index in [1.165, 1.54) is 5.56 Å². The molecule has 0 saturated heterocycles. The molecule has 2 nitrogen and oxygen atoms in total. The molecule has 1 aromatic carbocycles. The molecular weight excluding hydrogens is 188 g/mol.